The van der Waals surface area contributed by atoms with Gasteiger partial charge in [0.05, 0.1) is 18.7 Å². The van der Waals surface area contributed by atoms with Crippen molar-refractivity contribution >= 4 is 34.7 Å². The lowest BCUT2D eigenvalue weighted by atomic mass is 9.94. The molecule has 0 bridgehead atoms. The molecule has 1 atom stereocenters. The van der Waals surface area contributed by atoms with Crippen LogP contribution in [-0.2, 0) is 9.59 Å². The van der Waals surface area contributed by atoms with Crippen LogP contribution in [0.3, 0.4) is 0 Å². The van der Waals surface area contributed by atoms with Crippen LogP contribution in [0.5, 0.6) is 5.75 Å². The Morgan fingerprint density at radius 2 is 1.65 bits per heavy atom. The lowest BCUT2D eigenvalue weighted by molar-refractivity contribution is -0.132. The van der Waals surface area contributed by atoms with Crippen molar-refractivity contribution < 1.29 is 23.8 Å². The minimum atomic E-state index is -1.15. The Balaban J connectivity index is 1.94. The Kier molecular flexibility index (Phi) is 5.48. The molecule has 7 heteroatoms. The maximum atomic E-state index is 14.8. The smallest absolute Gasteiger partial charge is 0.300 e. The topological polar surface area (TPSA) is 66.8 Å². The van der Waals surface area contributed by atoms with Gasteiger partial charge in [0.1, 0.15) is 17.3 Å². The summed E-state index contributed by atoms with van der Waals surface area (Å²) in [6, 6.07) is 17.3. The number of carbonyl (C=O) groups is 2. The molecule has 1 heterocycles. The van der Waals surface area contributed by atoms with E-state index in [0.717, 1.165) is 0 Å². The van der Waals surface area contributed by atoms with Crippen molar-refractivity contribution in [2.45, 2.75) is 6.04 Å². The third-order valence-corrected chi connectivity index (χ3v) is 5.36. The van der Waals surface area contributed by atoms with Crippen LogP contribution >= 0.6 is 11.6 Å². The molecule has 3 aromatic carbocycles. The van der Waals surface area contributed by atoms with Gasteiger partial charge in [-0.05, 0) is 54.6 Å². The van der Waals surface area contributed by atoms with Gasteiger partial charge in [0, 0.05) is 21.8 Å². The third-order valence-electron chi connectivity index (χ3n) is 5.11. The first-order valence-electron chi connectivity index (χ1n) is 9.38. The second-order valence-electron chi connectivity index (χ2n) is 6.90. The van der Waals surface area contributed by atoms with Gasteiger partial charge in [0.15, 0.2) is 0 Å². The maximum absolute atomic E-state index is 14.8. The summed E-state index contributed by atoms with van der Waals surface area (Å²) in [6.07, 6.45) is 0. The maximum Gasteiger partial charge on any atom is 0.300 e. The molecule has 3 aromatic rings. The van der Waals surface area contributed by atoms with E-state index in [9.17, 15) is 19.1 Å². The fraction of sp³-hybridized carbons (Fsp3) is 0.0833. The summed E-state index contributed by atoms with van der Waals surface area (Å²) < 4.78 is 20.0. The van der Waals surface area contributed by atoms with Gasteiger partial charge in [-0.15, -0.1) is 0 Å². The molecule has 0 spiro atoms. The molecule has 31 heavy (non-hydrogen) atoms. The van der Waals surface area contributed by atoms with Crippen molar-refractivity contribution in [1.29, 1.82) is 0 Å². The van der Waals surface area contributed by atoms with E-state index in [2.05, 4.69) is 0 Å². The fourth-order valence-corrected chi connectivity index (χ4v) is 3.72. The number of ketones is 1. The Labute approximate surface area is 182 Å². The van der Waals surface area contributed by atoms with Crippen molar-refractivity contribution in [1.82, 2.24) is 0 Å². The second kappa shape index (κ2) is 8.24. The first kappa shape index (κ1) is 20.6. The van der Waals surface area contributed by atoms with Crippen LogP contribution in [0.2, 0.25) is 5.02 Å². The molecule has 0 aliphatic carbocycles. The highest BCUT2D eigenvalue weighted by molar-refractivity contribution is 6.51. The van der Waals surface area contributed by atoms with Gasteiger partial charge in [0.25, 0.3) is 11.7 Å². The zero-order valence-corrected chi connectivity index (χ0v) is 17.1. The summed E-state index contributed by atoms with van der Waals surface area (Å²) in [5.41, 5.74) is 0.547. The van der Waals surface area contributed by atoms with Crippen LogP contribution in [0.25, 0.3) is 5.76 Å². The number of hydrogen-bond acceptors (Lipinski definition) is 4. The Morgan fingerprint density at radius 1 is 1.00 bits per heavy atom. The van der Waals surface area contributed by atoms with E-state index in [-0.39, 0.29) is 11.1 Å². The standard InChI is InChI=1S/C24H17ClFNO4/c1-31-17-12-10-16(11-13-17)27-21(18-4-2-3-5-19(18)26)20(23(29)24(27)30)22(28)14-6-8-15(25)9-7-14/h2-13,21,28H,1H3/b22-20+/t21-/m1/s1. The first-order valence-corrected chi connectivity index (χ1v) is 9.75. The van der Waals surface area contributed by atoms with Crippen LogP contribution in [0.15, 0.2) is 78.4 Å². The number of hydrogen-bond donors (Lipinski definition) is 1. The predicted molar refractivity (Wildman–Crippen MR) is 116 cm³/mol. The van der Waals surface area contributed by atoms with Crippen LogP contribution in [0, 0.1) is 5.82 Å². The van der Waals surface area contributed by atoms with Crippen molar-refractivity contribution in [3.8, 4) is 5.75 Å². The van der Waals surface area contributed by atoms with Crippen LogP contribution in [-0.4, -0.2) is 23.9 Å². The minimum Gasteiger partial charge on any atom is -0.507 e. The second-order valence-corrected chi connectivity index (χ2v) is 7.33. The number of Topliss-reactive ketones (excluding diaryl/α,β-unsaturated/α-hetero) is 1. The summed E-state index contributed by atoms with van der Waals surface area (Å²) in [7, 11) is 1.51. The molecule has 1 aliphatic rings. The lowest BCUT2D eigenvalue weighted by Gasteiger charge is -2.25. The molecular weight excluding hydrogens is 421 g/mol. The van der Waals surface area contributed by atoms with Crippen LogP contribution in [0.1, 0.15) is 17.2 Å². The quantitative estimate of drug-likeness (QED) is 0.350. The van der Waals surface area contributed by atoms with Gasteiger partial charge in [-0.2, -0.15) is 0 Å². The molecule has 1 amide bonds. The molecule has 0 radical (unpaired) electrons. The van der Waals surface area contributed by atoms with E-state index >= 15 is 0 Å². The molecular formula is C24H17ClFNO4. The lowest BCUT2D eigenvalue weighted by Crippen LogP contribution is -2.29. The number of amides is 1. The number of benzene rings is 3. The van der Waals surface area contributed by atoms with E-state index in [0.29, 0.717) is 22.0 Å². The number of methoxy groups -OCH3 is 1. The molecule has 0 unspecified atom stereocenters. The zero-order chi connectivity index (χ0) is 22.1. The highest BCUT2D eigenvalue weighted by Gasteiger charge is 2.47. The Hall–Kier alpha value is -3.64. The number of aliphatic hydroxyl groups is 1. The summed E-state index contributed by atoms with van der Waals surface area (Å²) in [5, 5.41) is 11.4. The van der Waals surface area contributed by atoms with Crippen molar-refractivity contribution in [2.75, 3.05) is 12.0 Å². The van der Waals surface area contributed by atoms with Gasteiger partial charge < -0.3 is 9.84 Å². The zero-order valence-electron chi connectivity index (χ0n) is 16.4. The van der Waals surface area contributed by atoms with Crippen molar-refractivity contribution in [2.24, 2.45) is 0 Å². The van der Waals surface area contributed by atoms with E-state index in [1.165, 1.54) is 42.3 Å². The number of rotatable bonds is 4. The summed E-state index contributed by atoms with van der Waals surface area (Å²) in [6.45, 7) is 0. The number of nitrogens with zero attached hydrogens (tertiary/aromatic N) is 1. The van der Waals surface area contributed by atoms with Gasteiger partial charge in [-0.25, -0.2) is 4.39 Å². The summed E-state index contributed by atoms with van der Waals surface area (Å²) in [5.74, 6) is -2.22. The molecule has 1 saturated heterocycles. The van der Waals surface area contributed by atoms with Gasteiger partial charge in [-0.1, -0.05) is 29.8 Å². The van der Waals surface area contributed by atoms with Crippen LogP contribution in [0.4, 0.5) is 10.1 Å². The van der Waals surface area contributed by atoms with E-state index < -0.39 is 29.3 Å². The summed E-state index contributed by atoms with van der Waals surface area (Å²) >= 11 is 5.91. The molecule has 0 aromatic heterocycles. The minimum absolute atomic E-state index is 0.0908. The van der Waals surface area contributed by atoms with Gasteiger partial charge in [0.2, 0.25) is 0 Å². The molecule has 4 rings (SSSR count). The monoisotopic (exact) mass is 437 g/mol. The van der Waals surface area contributed by atoms with Crippen molar-refractivity contribution in [3.63, 3.8) is 0 Å². The largest absolute Gasteiger partial charge is 0.507 e. The number of aliphatic hydroxyl groups excluding tert-OH is 1. The number of carbonyl (C=O) groups excluding carboxylic acids is 2. The predicted octanol–water partition coefficient (Wildman–Crippen LogP) is 5.11. The number of ether oxygens (including phenoxy) is 1. The van der Waals surface area contributed by atoms with Gasteiger partial charge >= 0.3 is 0 Å². The molecule has 1 N–H and O–H groups in total. The molecule has 1 fully saturated rings. The Morgan fingerprint density at radius 3 is 2.26 bits per heavy atom. The number of halogens is 2. The Bertz CT molecular complexity index is 1190. The molecule has 156 valence electrons. The van der Waals surface area contributed by atoms with E-state index in [1.54, 1.807) is 42.5 Å². The average Bonchev–Trinajstić information content (AvgIpc) is 3.04. The SMILES string of the molecule is COc1ccc(N2C(=O)C(=O)/C(=C(/O)c3ccc(Cl)cc3)[C@H]2c2ccccc2F)cc1. The fourth-order valence-electron chi connectivity index (χ4n) is 3.60. The molecule has 5 nitrogen and oxygen atoms in total. The van der Waals surface area contributed by atoms with Crippen LogP contribution < -0.4 is 9.64 Å². The third kappa shape index (κ3) is 3.66. The first-order chi connectivity index (χ1) is 14.9. The summed E-state index contributed by atoms with van der Waals surface area (Å²) in [4.78, 5) is 27.2. The molecule has 1 aliphatic heterocycles. The average molecular weight is 438 g/mol. The van der Waals surface area contributed by atoms with E-state index in [4.69, 9.17) is 16.3 Å². The highest BCUT2D eigenvalue weighted by atomic mass is 35.5. The highest BCUT2D eigenvalue weighted by Crippen LogP contribution is 2.43. The normalized spacial score (nSPS) is 17.8. The van der Waals surface area contributed by atoms with Crippen molar-refractivity contribution in [3.05, 3.63) is 100 Å². The number of anilines is 1. The van der Waals surface area contributed by atoms with Gasteiger partial charge in [-0.3, -0.25) is 14.5 Å². The van der Waals surface area contributed by atoms with E-state index in [1.807, 2.05) is 0 Å². The molecule has 0 saturated carbocycles.